The second-order valence-corrected chi connectivity index (χ2v) is 8.39. The van der Waals surface area contributed by atoms with Gasteiger partial charge >= 0.3 is 0 Å². The second-order valence-electron chi connectivity index (χ2n) is 7.00. The largest absolute Gasteiger partial charge is 0.504 e. The van der Waals surface area contributed by atoms with Gasteiger partial charge in [-0.1, -0.05) is 70.1 Å². The van der Waals surface area contributed by atoms with Crippen molar-refractivity contribution in [3.05, 3.63) is 48.0 Å². The van der Waals surface area contributed by atoms with Crippen molar-refractivity contribution in [2.45, 2.75) is 69.6 Å². The summed E-state index contributed by atoms with van der Waals surface area (Å²) < 4.78 is 39.0. The molecule has 5 nitrogen and oxygen atoms in total. The molecular weight excluding hydrogens is 376 g/mol. The minimum absolute atomic E-state index is 0.0298. The quantitative estimate of drug-likeness (QED) is 0.328. The summed E-state index contributed by atoms with van der Waals surface area (Å²) in [5.74, 6) is 0.546. The maximum Gasteiger partial charge on any atom is 0.294 e. The summed E-state index contributed by atoms with van der Waals surface area (Å²) in [4.78, 5) is -0.136. The Bertz CT molecular complexity index is 846. The Labute approximate surface area is 168 Å². The van der Waals surface area contributed by atoms with Crippen LogP contribution >= 0.6 is 0 Å². The van der Waals surface area contributed by atoms with Crippen LogP contribution in [0.5, 0.6) is 17.2 Å². The highest BCUT2D eigenvalue weighted by Crippen LogP contribution is 2.35. The van der Waals surface area contributed by atoms with E-state index in [0.29, 0.717) is 17.7 Å². The van der Waals surface area contributed by atoms with Crippen molar-refractivity contribution >= 4 is 10.1 Å². The van der Waals surface area contributed by atoms with E-state index in [1.807, 2.05) is 0 Å². The second kappa shape index (κ2) is 11.1. The highest BCUT2D eigenvalue weighted by atomic mass is 32.2. The van der Waals surface area contributed by atoms with E-state index >= 15 is 0 Å². The lowest BCUT2D eigenvalue weighted by molar-refractivity contribution is 0.407. The first-order valence-corrected chi connectivity index (χ1v) is 11.4. The summed E-state index contributed by atoms with van der Waals surface area (Å²) in [7, 11) is -4.36. The molecule has 0 amide bonds. The number of unbranched alkanes of at least 4 members (excludes halogenated alkanes) is 7. The van der Waals surface area contributed by atoms with Crippen LogP contribution in [0.15, 0.2) is 47.4 Å². The Morgan fingerprint density at radius 1 is 0.821 bits per heavy atom. The van der Waals surface area contributed by atoms with Crippen molar-refractivity contribution in [3.8, 4) is 17.2 Å². The van der Waals surface area contributed by atoms with Crippen LogP contribution in [0.1, 0.15) is 63.9 Å². The molecule has 2 N–H and O–H groups in total. The third-order valence-electron chi connectivity index (χ3n) is 4.73. The normalized spacial score (nSPS) is 11.5. The van der Waals surface area contributed by atoms with Crippen molar-refractivity contribution in [2.24, 2.45) is 0 Å². The molecule has 0 saturated carbocycles. The fourth-order valence-electron chi connectivity index (χ4n) is 3.23. The molecule has 0 unspecified atom stereocenters. The zero-order valence-corrected chi connectivity index (χ0v) is 17.2. The number of aromatic hydroxyl groups is 1. The standard InChI is InChI=1S/C22H30O5S/c1-2-3-4-5-6-7-8-9-13-18-20(16-12-17-22(18)28(24,25)26)27-21-15-11-10-14-19(21)23/h10-12,14-17,23H,2-9,13H2,1H3,(H,24,25,26). The van der Waals surface area contributed by atoms with E-state index in [1.54, 1.807) is 24.3 Å². The minimum atomic E-state index is -4.36. The molecule has 0 spiro atoms. The molecule has 0 bridgehead atoms. The average molecular weight is 407 g/mol. The van der Waals surface area contributed by atoms with Crippen molar-refractivity contribution in [2.75, 3.05) is 0 Å². The summed E-state index contributed by atoms with van der Waals surface area (Å²) >= 11 is 0. The maximum atomic E-state index is 11.8. The van der Waals surface area contributed by atoms with E-state index < -0.39 is 10.1 Å². The molecule has 0 radical (unpaired) electrons. The van der Waals surface area contributed by atoms with Gasteiger partial charge in [-0.2, -0.15) is 8.42 Å². The number of phenols is 1. The summed E-state index contributed by atoms with van der Waals surface area (Å²) in [6.45, 7) is 2.20. The van der Waals surface area contributed by atoms with E-state index in [9.17, 15) is 18.1 Å². The van der Waals surface area contributed by atoms with Gasteiger partial charge in [0, 0.05) is 5.56 Å². The fraction of sp³-hybridized carbons (Fsp3) is 0.455. The molecule has 154 valence electrons. The zero-order valence-electron chi connectivity index (χ0n) is 16.4. The minimum Gasteiger partial charge on any atom is -0.504 e. The van der Waals surface area contributed by atoms with Crippen LogP contribution in [0.3, 0.4) is 0 Å². The van der Waals surface area contributed by atoms with Crippen LogP contribution in [0.2, 0.25) is 0 Å². The monoisotopic (exact) mass is 406 g/mol. The molecule has 0 aliphatic heterocycles. The molecule has 2 aromatic carbocycles. The Morgan fingerprint density at radius 3 is 2.07 bits per heavy atom. The molecular formula is C22H30O5S. The number of rotatable bonds is 12. The highest BCUT2D eigenvalue weighted by Gasteiger charge is 2.20. The first kappa shape index (κ1) is 22.2. The number of benzene rings is 2. The molecule has 0 fully saturated rings. The van der Waals surface area contributed by atoms with Gasteiger partial charge in [0.05, 0.1) is 0 Å². The van der Waals surface area contributed by atoms with Gasteiger partial charge < -0.3 is 9.84 Å². The third kappa shape index (κ3) is 6.84. The summed E-state index contributed by atoms with van der Waals surface area (Å²) in [5.41, 5.74) is 0.444. The Morgan fingerprint density at radius 2 is 1.43 bits per heavy atom. The van der Waals surface area contributed by atoms with Crippen LogP contribution in [0.25, 0.3) is 0 Å². The summed E-state index contributed by atoms with van der Waals surface area (Å²) in [6, 6.07) is 11.1. The molecule has 6 heteroatoms. The fourth-order valence-corrected chi connectivity index (χ4v) is 3.99. The first-order valence-electron chi connectivity index (χ1n) is 9.98. The van der Waals surface area contributed by atoms with E-state index in [2.05, 4.69) is 6.92 Å². The van der Waals surface area contributed by atoms with Gasteiger partial charge in [-0.15, -0.1) is 0 Å². The van der Waals surface area contributed by atoms with Crippen LogP contribution in [0, 0.1) is 0 Å². The summed E-state index contributed by atoms with van der Waals surface area (Å²) in [6.07, 6.45) is 9.56. The average Bonchev–Trinajstić information content (AvgIpc) is 2.65. The van der Waals surface area contributed by atoms with Crippen molar-refractivity contribution in [1.29, 1.82) is 0 Å². The number of hydrogen-bond donors (Lipinski definition) is 2. The van der Waals surface area contributed by atoms with E-state index in [-0.39, 0.29) is 16.4 Å². The predicted molar refractivity (Wildman–Crippen MR) is 111 cm³/mol. The van der Waals surface area contributed by atoms with Crippen molar-refractivity contribution < 1.29 is 22.8 Å². The predicted octanol–water partition coefficient (Wildman–Crippen LogP) is 6.11. The van der Waals surface area contributed by atoms with Gasteiger partial charge in [0.2, 0.25) is 0 Å². The van der Waals surface area contributed by atoms with Crippen LogP contribution in [0.4, 0.5) is 0 Å². The number of ether oxygens (including phenoxy) is 1. The molecule has 2 aromatic rings. The van der Waals surface area contributed by atoms with Gasteiger partial charge in [0.1, 0.15) is 10.6 Å². The zero-order chi connectivity index (χ0) is 20.4. The summed E-state index contributed by atoms with van der Waals surface area (Å²) in [5, 5.41) is 9.93. The number of hydrogen-bond acceptors (Lipinski definition) is 4. The topological polar surface area (TPSA) is 83.8 Å². The Hall–Kier alpha value is -2.05. The Kier molecular flexibility index (Phi) is 8.80. The van der Waals surface area contributed by atoms with Gasteiger partial charge in [-0.05, 0) is 37.1 Å². The first-order chi connectivity index (χ1) is 13.4. The van der Waals surface area contributed by atoms with Crippen LogP contribution < -0.4 is 4.74 Å². The smallest absolute Gasteiger partial charge is 0.294 e. The van der Waals surface area contributed by atoms with Gasteiger partial charge in [0.25, 0.3) is 10.1 Å². The molecule has 2 rings (SSSR count). The van der Waals surface area contributed by atoms with Gasteiger partial charge in [0.15, 0.2) is 11.5 Å². The van der Waals surface area contributed by atoms with Crippen molar-refractivity contribution in [1.82, 2.24) is 0 Å². The maximum absolute atomic E-state index is 11.8. The van der Waals surface area contributed by atoms with Crippen LogP contribution in [-0.2, 0) is 16.5 Å². The molecule has 0 heterocycles. The van der Waals surface area contributed by atoms with Gasteiger partial charge in [-0.25, -0.2) is 0 Å². The lowest BCUT2D eigenvalue weighted by atomic mass is 10.0. The number of phenolic OH excluding ortho intramolecular Hbond substituents is 1. The lowest BCUT2D eigenvalue weighted by Gasteiger charge is -2.15. The van der Waals surface area contributed by atoms with E-state index in [0.717, 1.165) is 19.3 Å². The molecule has 0 aliphatic carbocycles. The molecule has 0 saturated heterocycles. The molecule has 0 aromatic heterocycles. The number of para-hydroxylation sites is 2. The van der Waals surface area contributed by atoms with Crippen LogP contribution in [-0.4, -0.2) is 18.1 Å². The third-order valence-corrected chi connectivity index (χ3v) is 5.67. The highest BCUT2D eigenvalue weighted by molar-refractivity contribution is 7.85. The van der Waals surface area contributed by atoms with E-state index in [1.165, 1.54) is 50.3 Å². The van der Waals surface area contributed by atoms with E-state index in [4.69, 9.17) is 4.74 Å². The van der Waals surface area contributed by atoms with Crippen molar-refractivity contribution in [3.63, 3.8) is 0 Å². The Balaban J connectivity index is 2.08. The SMILES string of the molecule is CCCCCCCCCCc1c(Oc2ccccc2O)cccc1S(=O)(=O)O. The lowest BCUT2D eigenvalue weighted by Crippen LogP contribution is -2.05. The molecule has 0 aliphatic rings. The molecule has 0 atom stereocenters. The molecule has 28 heavy (non-hydrogen) atoms. The van der Waals surface area contributed by atoms with Gasteiger partial charge in [-0.3, -0.25) is 4.55 Å².